The molecule has 1 aliphatic heterocycles. The molecule has 6 nitrogen and oxygen atoms in total. The van der Waals surface area contributed by atoms with Crippen LogP contribution in [0.15, 0.2) is 51.6 Å². The van der Waals surface area contributed by atoms with Gasteiger partial charge in [-0.1, -0.05) is 19.9 Å². The van der Waals surface area contributed by atoms with E-state index >= 15 is 0 Å². The lowest BCUT2D eigenvalue weighted by molar-refractivity contribution is -0.00844. The van der Waals surface area contributed by atoms with Crippen molar-refractivity contribution in [3.63, 3.8) is 0 Å². The Morgan fingerprint density at radius 2 is 1.94 bits per heavy atom. The Morgan fingerprint density at radius 1 is 1.19 bits per heavy atom. The van der Waals surface area contributed by atoms with Gasteiger partial charge in [0.25, 0.3) is 0 Å². The number of nitrogens with zero attached hydrogens (tertiary/aromatic N) is 4. The first kappa shape index (κ1) is 22.8. The van der Waals surface area contributed by atoms with Crippen LogP contribution in [-0.4, -0.2) is 34.7 Å². The molecule has 0 aliphatic carbocycles. The van der Waals surface area contributed by atoms with Gasteiger partial charge in [0.05, 0.1) is 12.0 Å². The molecule has 3 heterocycles. The number of aliphatic hydroxyl groups is 1. The van der Waals surface area contributed by atoms with Gasteiger partial charge in [0.1, 0.15) is 17.2 Å². The summed E-state index contributed by atoms with van der Waals surface area (Å²) in [4.78, 5) is 14.0. The van der Waals surface area contributed by atoms with E-state index in [-0.39, 0.29) is 0 Å². The summed E-state index contributed by atoms with van der Waals surface area (Å²) in [5.41, 5.74) is 2.35. The zero-order chi connectivity index (χ0) is 22.9. The zero-order valence-corrected chi connectivity index (χ0v) is 20.8. The number of anilines is 3. The summed E-state index contributed by atoms with van der Waals surface area (Å²) in [5, 5.41) is 11.0. The van der Waals surface area contributed by atoms with Gasteiger partial charge in [0.15, 0.2) is 0 Å². The number of hydrogen-bond acceptors (Lipinski definition) is 6. The average molecular weight is 499 g/mol. The van der Waals surface area contributed by atoms with E-state index in [1.807, 2.05) is 25.1 Å². The molecule has 0 bridgehead atoms. The van der Waals surface area contributed by atoms with Crippen LogP contribution >= 0.6 is 15.9 Å². The fourth-order valence-electron chi connectivity index (χ4n) is 4.24. The van der Waals surface area contributed by atoms with Crippen molar-refractivity contribution in [1.29, 1.82) is 0 Å². The third-order valence-corrected chi connectivity index (χ3v) is 6.85. The first-order chi connectivity index (χ1) is 15.3. The predicted molar refractivity (Wildman–Crippen MR) is 132 cm³/mol. The summed E-state index contributed by atoms with van der Waals surface area (Å²) in [6.07, 6.45) is 2.81. The number of piperidine rings is 1. The molecule has 4 rings (SSSR count). The van der Waals surface area contributed by atoms with Crippen molar-refractivity contribution in [1.82, 2.24) is 9.97 Å². The lowest BCUT2D eigenvalue weighted by Gasteiger charge is -2.37. The van der Waals surface area contributed by atoms with E-state index in [1.165, 1.54) is 5.56 Å². The van der Waals surface area contributed by atoms with Crippen LogP contribution in [0.3, 0.4) is 0 Å². The summed E-state index contributed by atoms with van der Waals surface area (Å²) in [5.74, 6) is 2.69. The van der Waals surface area contributed by atoms with Crippen LogP contribution in [0.4, 0.5) is 17.5 Å². The molecular weight excluding hydrogens is 468 g/mol. The van der Waals surface area contributed by atoms with Crippen LogP contribution in [-0.2, 0) is 5.60 Å². The molecule has 1 N–H and O–H groups in total. The van der Waals surface area contributed by atoms with E-state index in [0.717, 1.165) is 28.2 Å². The zero-order valence-electron chi connectivity index (χ0n) is 19.2. The van der Waals surface area contributed by atoms with E-state index in [9.17, 15) is 5.11 Å². The second-order valence-corrected chi connectivity index (χ2v) is 9.63. The SMILES string of the molecule is CCN(c1nc(C)cc(N2CCC(O)(c3ccco3)CC2)n1)c1ccc(C(C)C)cc1Br. The van der Waals surface area contributed by atoms with Crippen LogP contribution < -0.4 is 9.80 Å². The van der Waals surface area contributed by atoms with Crippen molar-refractivity contribution in [2.24, 2.45) is 0 Å². The van der Waals surface area contributed by atoms with Gasteiger partial charge in [-0.3, -0.25) is 0 Å². The molecule has 170 valence electrons. The quantitative estimate of drug-likeness (QED) is 0.455. The van der Waals surface area contributed by atoms with E-state index in [0.29, 0.717) is 43.6 Å². The van der Waals surface area contributed by atoms with Crippen LogP contribution in [0.25, 0.3) is 0 Å². The van der Waals surface area contributed by atoms with Gasteiger partial charge in [-0.05, 0) is 65.5 Å². The van der Waals surface area contributed by atoms with E-state index in [4.69, 9.17) is 14.4 Å². The largest absolute Gasteiger partial charge is 0.466 e. The van der Waals surface area contributed by atoms with Crippen molar-refractivity contribution >= 4 is 33.4 Å². The Balaban J connectivity index is 1.59. The molecule has 0 radical (unpaired) electrons. The molecular formula is C25H31BrN4O2. The maximum absolute atomic E-state index is 11.0. The number of hydrogen-bond donors (Lipinski definition) is 1. The summed E-state index contributed by atoms with van der Waals surface area (Å²) >= 11 is 3.75. The van der Waals surface area contributed by atoms with Crippen LogP contribution in [0.2, 0.25) is 0 Å². The fourth-order valence-corrected chi connectivity index (χ4v) is 4.85. The predicted octanol–water partition coefficient (Wildman–Crippen LogP) is 5.91. The van der Waals surface area contributed by atoms with Gasteiger partial charge < -0.3 is 19.3 Å². The number of aryl methyl sites for hydroxylation is 1. The third kappa shape index (κ3) is 4.55. The Morgan fingerprint density at radius 3 is 2.53 bits per heavy atom. The Hall–Kier alpha value is -2.38. The van der Waals surface area contributed by atoms with Gasteiger partial charge in [-0.15, -0.1) is 0 Å². The Labute approximate surface area is 198 Å². The molecule has 0 atom stereocenters. The molecule has 1 aliphatic rings. The van der Waals surface area contributed by atoms with Crippen LogP contribution in [0, 0.1) is 6.92 Å². The van der Waals surface area contributed by atoms with Crippen molar-refractivity contribution in [3.8, 4) is 0 Å². The van der Waals surface area contributed by atoms with Gasteiger partial charge in [0, 0.05) is 48.7 Å². The van der Waals surface area contributed by atoms with E-state index < -0.39 is 5.60 Å². The van der Waals surface area contributed by atoms with Crippen LogP contribution in [0.5, 0.6) is 0 Å². The number of halogens is 1. The minimum Gasteiger partial charge on any atom is -0.466 e. The number of furan rings is 1. The molecule has 7 heteroatoms. The summed E-state index contributed by atoms with van der Waals surface area (Å²) in [6.45, 7) is 10.7. The minimum absolute atomic E-state index is 0.469. The summed E-state index contributed by atoms with van der Waals surface area (Å²) < 4.78 is 6.52. The Kier molecular flexibility index (Phi) is 6.58. The molecule has 1 saturated heterocycles. The highest BCUT2D eigenvalue weighted by Gasteiger charge is 2.37. The maximum atomic E-state index is 11.0. The van der Waals surface area contributed by atoms with E-state index in [1.54, 1.807) is 6.26 Å². The Bertz CT molecular complexity index is 1060. The van der Waals surface area contributed by atoms with Crippen molar-refractivity contribution in [2.75, 3.05) is 29.4 Å². The highest BCUT2D eigenvalue weighted by Crippen LogP contribution is 2.36. The van der Waals surface area contributed by atoms with Crippen molar-refractivity contribution in [3.05, 3.63) is 64.2 Å². The van der Waals surface area contributed by atoms with Gasteiger partial charge in [-0.25, -0.2) is 4.98 Å². The summed E-state index contributed by atoms with van der Waals surface area (Å²) in [6, 6.07) is 12.2. The third-order valence-electron chi connectivity index (χ3n) is 6.21. The summed E-state index contributed by atoms with van der Waals surface area (Å²) in [7, 11) is 0. The first-order valence-electron chi connectivity index (χ1n) is 11.2. The van der Waals surface area contributed by atoms with E-state index in [2.05, 4.69) is 64.7 Å². The molecule has 2 aromatic heterocycles. The van der Waals surface area contributed by atoms with Crippen molar-refractivity contribution < 1.29 is 9.52 Å². The number of rotatable bonds is 6. The molecule has 1 aromatic carbocycles. The van der Waals surface area contributed by atoms with Gasteiger partial charge >= 0.3 is 0 Å². The highest BCUT2D eigenvalue weighted by molar-refractivity contribution is 9.10. The molecule has 0 saturated carbocycles. The topological polar surface area (TPSA) is 65.6 Å². The average Bonchev–Trinajstić information content (AvgIpc) is 3.31. The lowest BCUT2D eigenvalue weighted by atomic mass is 9.89. The molecule has 0 amide bonds. The molecule has 0 spiro atoms. The molecule has 0 unspecified atom stereocenters. The second-order valence-electron chi connectivity index (χ2n) is 8.77. The number of benzene rings is 1. The molecule has 32 heavy (non-hydrogen) atoms. The normalized spacial score (nSPS) is 15.9. The first-order valence-corrected chi connectivity index (χ1v) is 12.0. The van der Waals surface area contributed by atoms with Crippen LogP contribution in [0.1, 0.15) is 56.5 Å². The van der Waals surface area contributed by atoms with Crippen molar-refractivity contribution in [2.45, 2.75) is 52.1 Å². The minimum atomic E-state index is -0.913. The van der Waals surface area contributed by atoms with Gasteiger partial charge in [-0.2, -0.15) is 4.98 Å². The monoisotopic (exact) mass is 498 g/mol. The number of aromatic nitrogens is 2. The molecule has 3 aromatic rings. The fraction of sp³-hybridized carbons (Fsp3) is 0.440. The second kappa shape index (κ2) is 9.24. The molecule has 1 fully saturated rings. The lowest BCUT2D eigenvalue weighted by Crippen LogP contribution is -2.43. The maximum Gasteiger partial charge on any atom is 0.232 e. The highest BCUT2D eigenvalue weighted by atomic mass is 79.9. The standard InChI is InChI=1S/C25H31BrN4O2/c1-5-30(21-9-8-19(17(2)3)16-20(21)26)24-27-18(4)15-23(28-24)29-12-10-25(31,11-13-29)22-7-6-14-32-22/h6-9,14-17,31H,5,10-13H2,1-4H3. The smallest absolute Gasteiger partial charge is 0.232 e. The van der Waals surface area contributed by atoms with Gasteiger partial charge in [0.2, 0.25) is 5.95 Å².